The predicted octanol–water partition coefficient (Wildman–Crippen LogP) is 3.71. The summed E-state index contributed by atoms with van der Waals surface area (Å²) in [5, 5.41) is 10.6. The number of nitrogens with zero attached hydrogens (tertiary/aromatic N) is 1. The van der Waals surface area contributed by atoms with Crippen molar-refractivity contribution in [2.24, 2.45) is 5.92 Å². The monoisotopic (exact) mass is 347 g/mol. The van der Waals surface area contributed by atoms with E-state index in [-0.39, 0.29) is 11.8 Å². The van der Waals surface area contributed by atoms with Crippen molar-refractivity contribution in [3.05, 3.63) is 71.3 Å². The van der Waals surface area contributed by atoms with Crippen LogP contribution < -0.4 is 0 Å². The topological polar surface area (TPSA) is 40.5 Å². The fourth-order valence-electron chi connectivity index (χ4n) is 3.22. The van der Waals surface area contributed by atoms with Gasteiger partial charge >= 0.3 is 0 Å². The van der Waals surface area contributed by atoms with Gasteiger partial charge in [0.1, 0.15) is 0 Å². The fraction of sp³-hybridized carbons (Fsp3) is 0.348. The molecule has 3 heteroatoms. The molecule has 1 amide bonds. The van der Waals surface area contributed by atoms with Crippen LogP contribution in [0, 0.1) is 17.8 Å². The number of carbonyl (C=O) groups excluding carboxylic acids is 1. The normalized spacial score (nSPS) is 16.1. The Bertz CT molecular complexity index is 805. The van der Waals surface area contributed by atoms with Crippen molar-refractivity contribution in [2.75, 3.05) is 13.1 Å². The number of aliphatic hydroxyl groups is 1. The van der Waals surface area contributed by atoms with Crippen molar-refractivity contribution in [3.8, 4) is 11.8 Å². The van der Waals surface area contributed by atoms with Gasteiger partial charge in [0.25, 0.3) is 5.91 Å². The van der Waals surface area contributed by atoms with E-state index in [9.17, 15) is 9.90 Å². The van der Waals surface area contributed by atoms with Crippen molar-refractivity contribution in [3.63, 3.8) is 0 Å². The SMILES string of the molecule is CC(C)C1(O)CCN(C(=O)c2ccc(C#Cc3ccccc3)cc2)CC1. The lowest BCUT2D eigenvalue weighted by molar-refractivity contribution is -0.0512. The van der Waals surface area contributed by atoms with Crippen LogP contribution in [0.3, 0.4) is 0 Å². The average Bonchev–Trinajstić information content (AvgIpc) is 2.67. The van der Waals surface area contributed by atoms with E-state index in [2.05, 4.69) is 11.8 Å². The van der Waals surface area contributed by atoms with Gasteiger partial charge < -0.3 is 10.0 Å². The van der Waals surface area contributed by atoms with Gasteiger partial charge in [-0.2, -0.15) is 0 Å². The number of carbonyl (C=O) groups is 1. The Hall–Kier alpha value is -2.57. The second-order valence-corrected chi connectivity index (χ2v) is 7.24. The third-order valence-electron chi connectivity index (χ3n) is 5.25. The molecular formula is C23H25NO2. The second-order valence-electron chi connectivity index (χ2n) is 7.24. The second kappa shape index (κ2) is 7.76. The van der Waals surface area contributed by atoms with E-state index in [1.807, 2.05) is 73.3 Å². The Kier molecular flexibility index (Phi) is 5.44. The lowest BCUT2D eigenvalue weighted by Crippen LogP contribution is -2.49. The molecule has 1 saturated heterocycles. The number of hydrogen-bond donors (Lipinski definition) is 1. The van der Waals surface area contributed by atoms with E-state index >= 15 is 0 Å². The third kappa shape index (κ3) is 4.15. The lowest BCUT2D eigenvalue weighted by Gasteiger charge is -2.40. The van der Waals surface area contributed by atoms with E-state index in [1.165, 1.54) is 0 Å². The van der Waals surface area contributed by atoms with Crippen LogP contribution in [0.25, 0.3) is 0 Å². The molecule has 26 heavy (non-hydrogen) atoms. The lowest BCUT2D eigenvalue weighted by atomic mass is 9.81. The summed E-state index contributed by atoms with van der Waals surface area (Å²) in [7, 11) is 0. The number of benzene rings is 2. The molecule has 2 aromatic rings. The fourth-order valence-corrected chi connectivity index (χ4v) is 3.22. The Morgan fingerprint density at radius 3 is 2.04 bits per heavy atom. The summed E-state index contributed by atoms with van der Waals surface area (Å²) >= 11 is 0. The molecule has 0 radical (unpaired) electrons. The molecule has 1 heterocycles. The largest absolute Gasteiger partial charge is 0.389 e. The molecule has 1 aliphatic heterocycles. The smallest absolute Gasteiger partial charge is 0.253 e. The highest BCUT2D eigenvalue weighted by Gasteiger charge is 2.36. The van der Waals surface area contributed by atoms with Crippen LogP contribution in [-0.2, 0) is 0 Å². The van der Waals surface area contributed by atoms with Gasteiger partial charge in [-0.25, -0.2) is 0 Å². The standard InChI is InChI=1S/C23H25NO2/c1-18(2)23(26)14-16-24(17-15-23)22(25)21-12-10-20(11-13-21)9-8-19-6-4-3-5-7-19/h3-7,10-13,18,26H,14-17H2,1-2H3. The summed E-state index contributed by atoms with van der Waals surface area (Å²) in [6, 6.07) is 17.3. The Morgan fingerprint density at radius 1 is 0.962 bits per heavy atom. The van der Waals surface area contributed by atoms with E-state index in [0.717, 1.165) is 11.1 Å². The van der Waals surface area contributed by atoms with Gasteiger partial charge in [-0.15, -0.1) is 0 Å². The average molecular weight is 347 g/mol. The third-order valence-corrected chi connectivity index (χ3v) is 5.25. The Morgan fingerprint density at radius 2 is 1.50 bits per heavy atom. The Balaban J connectivity index is 1.64. The van der Waals surface area contributed by atoms with Gasteiger partial charge in [0.15, 0.2) is 0 Å². The quantitative estimate of drug-likeness (QED) is 0.842. The summed E-state index contributed by atoms with van der Waals surface area (Å²) in [6.07, 6.45) is 1.27. The highest BCUT2D eigenvalue weighted by molar-refractivity contribution is 5.94. The van der Waals surface area contributed by atoms with E-state index in [0.29, 0.717) is 31.5 Å². The molecular weight excluding hydrogens is 322 g/mol. The van der Waals surface area contributed by atoms with E-state index in [1.54, 1.807) is 0 Å². The number of piperidine rings is 1. The Labute approximate surface area is 155 Å². The number of rotatable bonds is 2. The number of likely N-dealkylation sites (tertiary alicyclic amines) is 1. The highest BCUT2D eigenvalue weighted by Crippen LogP contribution is 2.30. The molecule has 3 rings (SSSR count). The van der Waals surface area contributed by atoms with Crippen molar-refractivity contribution in [1.29, 1.82) is 0 Å². The maximum absolute atomic E-state index is 12.7. The molecule has 1 N–H and O–H groups in total. The zero-order valence-electron chi connectivity index (χ0n) is 15.4. The highest BCUT2D eigenvalue weighted by atomic mass is 16.3. The maximum atomic E-state index is 12.7. The van der Waals surface area contributed by atoms with E-state index in [4.69, 9.17) is 0 Å². The summed E-state index contributed by atoms with van der Waals surface area (Å²) < 4.78 is 0. The summed E-state index contributed by atoms with van der Waals surface area (Å²) in [5.41, 5.74) is 1.88. The zero-order chi connectivity index (χ0) is 18.6. The van der Waals surface area contributed by atoms with Gasteiger partial charge in [-0.1, -0.05) is 43.9 Å². The minimum atomic E-state index is -0.645. The van der Waals surface area contributed by atoms with Crippen LogP contribution in [0.15, 0.2) is 54.6 Å². The molecule has 0 spiro atoms. The van der Waals surface area contributed by atoms with E-state index < -0.39 is 5.60 Å². The van der Waals surface area contributed by atoms with Crippen LogP contribution in [0.4, 0.5) is 0 Å². The molecule has 2 aromatic carbocycles. The summed E-state index contributed by atoms with van der Waals surface area (Å²) in [6.45, 7) is 5.27. The molecule has 1 fully saturated rings. The van der Waals surface area contributed by atoms with Crippen LogP contribution in [-0.4, -0.2) is 34.6 Å². The van der Waals surface area contributed by atoms with Crippen molar-refractivity contribution < 1.29 is 9.90 Å². The van der Waals surface area contributed by atoms with Gasteiger partial charge in [-0.3, -0.25) is 4.79 Å². The van der Waals surface area contributed by atoms with Crippen LogP contribution >= 0.6 is 0 Å². The molecule has 0 bridgehead atoms. The summed E-state index contributed by atoms with van der Waals surface area (Å²) in [4.78, 5) is 14.5. The maximum Gasteiger partial charge on any atom is 0.253 e. The first-order valence-electron chi connectivity index (χ1n) is 9.17. The molecule has 0 saturated carbocycles. The predicted molar refractivity (Wildman–Crippen MR) is 104 cm³/mol. The van der Waals surface area contributed by atoms with Gasteiger partial charge in [-0.05, 0) is 55.2 Å². The van der Waals surface area contributed by atoms with Gasteiger partial charge in [0.05, 0.1) is 5.60 Å². The molecule has 0 atom stereocenters. The van der Waals surface area contributed by atoms with Crippen molar-refractivity contribution in [1.82, 2.24) is 4.90 Å². The van der Waals surface area contributed by atoms with Crippen molar-refractivity contribution in [2.45, 2.75) is 32.3 Å². The zero-order valence-corrected chi connectivity index (χ0v) is 15.4. The molecule has 3 nitrogen and oxygen atoms in total. The minimum Gasteiger partial charge on any atom is -0.389 e. The van der Waals surface area contributed by atoms with Crippen LogP contribution in [0.2, 0.25) is 0 Å². The first kappa shape index (κ1) is 18.2. The first-order valence-corrected chi connectivity index (χ1v) is 9.17. The molecule has 134 valence electrons. The first-order chi connectivity index (χ1) is 12.5. The molecule has 0 aliphatic carbocycles. The summed E-state index contributed by atoms with van der Waals surface area (Å²) in [5.74, 6) is 6.48. The van der Waals surface area contributed by atoms with Crippen LogP contribution in [0.1, 0.15) is 48.2 Å². The van der Waals surface area contributed by atoms with Crippen LogP contribution in [0.5, 0.6) is 0 Å². The van der Waals surface area contributed by atoms with Gasteiger partial charge in [0, 0.05) is 29.8 Å². The molecule has 0 unspecified atom stereocenters. The number of amides is 1. The molecule has 1 aliphatic rings. The van der Waals surface area contributed by atoms with Gasteiger partial charge in [0.2, 0.25) is 0 Å². The molecule has 0 aromatic heterocycles. The number of hydrogen-bond acceptors (Lipinski definition) is 2. The van der Waals surface area contributed by atoms with Crippen molar-refractivity contribution >= 4 is 5.91 Å². The minimum absolute atomic E-state index is 0.0263.